The SMILES string of the molecule is C=Cc1ccc2c3ccccc3n(CC)c2c1O. The van der Waals surface area contributed by atoms with Gasteiger partial charge in [-0.2, -0.15) is 0 Å². The number of benzene rings is 2. The topological polar surface area (TPSA) is 25.2 Å². The van der Waals surface area contributed by atoms with E-state index in [0.29, 0.717) is 5.75 Å². The van der Waals surface area contributed by atoms with Crippen LogP contribution in [-0.4, -0.2) is 9.67 Å². The van der Waals surface area contributed by atoms with Crippen LogP contribution < -0.4 is 0 Å². The van der Waals surface area contributed by atoms with Gasteiger partial charge >= 0.3 is 0 Å². The summed E-state index contributed by atoms with van der Waals surface area (Å²) in [7, 11) is 0. The number of hydrogen-bond acceptors (Lipinski definition) is 1. The first-order valence-electron chi connectivity index (χ1n) is 6.13. The normalized spacial score (nSPS) is 11.2. The average Bonchev–Trinajstić information content (AvgIpc) is 2.74. The molecule has 0 saturated heterocycles. The van der Waals surface area contributed by atoms with Crippen LogP contribution in [0.3, 0.4) is 0 Å². The molecule has 2 nitrogen and oxygen atoms in total. The predicted octanol–water partition coefficient (Wildman–Crippen LogP) is 4.16. The minimum absolute atomic E-state index is 0.320. The zero-order chi connectivity index (χ0) is 12.7. The lowest BCUT2D eigenvalue weighted by atomic mass is 10.1. The fraction of sp³-hybridized carbons (Fsp3) is 0.125. The number of rotatable bonds is 2. The van der Waals surface area contributed by atoms with Gasteiger partial charge in [0.2, 0.25) is 0 Å². The molecule has 1 heterocycles. The van der Waals surface area contributed by atoms with Crippen molar-refractivity contribution < 1.29 is 5.11 Å². The number of aryl methyl sites for hydroxylation is 1. The van der Waals surface area contributed by atoms with Crippen molar-refractivity contribution in [3.05, 3.63) is 48.5 Å². The molecule has 18 heavy (non-hydrogen) atoms. The molecule has 0 fully saturated rings. The lowest BCUT2D eigenvalue weighted by molar-refractivity contribution is 0.477. The second-order valence-electron chi connectivity index (χ2n) is 4.37. The van der Waals surface area contributed by atoms with Gasteiger partial charge in [-0.1, -0.05) is 43.0 Å². The van der Waals surface area contributed by atoms with Crippen LogP contribution in [0.4, 0.5) is 0 Å². The Bertz CT molecular complexity index is 752. The van der Waals surface area contributed by atoms with Crippen molar-refractivity contribution in [2.45, 2.75) is 13.5 Å². The monoisotopic (exact) mass is 237 g/mol. The third-order valence-corrected chi connectivity index (χ3v) is 3.47. The summed E-state index contributed by atoms with van der Waals surface area (Å²) in [4.78, 5) is 0. The molecule has 0 atom stereocenters. The van der Waals surface area contributed by atoms with Crippen LogP contribution in [0.2, 0.25) is 0 Å². The highest BCUT2D eigenvalue weighted by Crippen LogP contribution is 2.36. The molecule has 0 saturated carbocycles. The van der Waals surface area contributed by atoms with Crippen LogP contribution in [0.25, 0.3) is 27.9 Å². The minimum atomic E-state index is 0.320. The molecule has 0 radical (unpaired) electrons. The third kappa shape index (κ3) is 1.29. The van der Waals surface area contributed by atoms with E-state index in [4.69, 9.17) is 0 Å². The van der Waals surface area contributed by atoms with Crippen LogP contribution in [0.5, 0.6) is 5.75 Å². The van der Waals surface area contributed by atoms with Gasteiger partial charge < -0.3 is 9.67 Å². The molecule has 0 amide bonds. The maximum atomic E-state index is 10.4. The van der Waals surface area contributed by atoms with Crippen LogP contribution in [-0.2, 0) is 6.54 Å². The fourth-order valence-corrected chi connectivity index (χ4v) is 2.64. The van der Waals surface area contributed by atoms with E-state index < -0.39 is 0 Å². The van der Waals surface area contributed by atoms with Gasteiger partial charge in [-0.05, 0) is 13.0 Å². The Balaban J connectivity index is 2.60. The van der Waals surface area contributed by atoms with Gasteiger partial charge in [-0.15, -0.1) is 0 Å². The Hall–Kier alpha value is -2.22. The van der Waals surface area contributed by atoms with E-state index in [-0.39, 0.29) is 0 Å². The molecule has 1 N–H and O–H groups in total. The highest BCUT2D eigenvalue weighted by molar-refractivity contribution is 6.10. The molecule has 90 valence electrons. The summed E-state index contributed by atoms with van der Waals surface area (Å²) in [5.74, 6) is 0.320. The number of aromatic nitrogens is 1. The molecule has 0 spiro atoms. The lowest BCUT2D eigenvalue weighted by Crippen LogP contribution is -1.93. The van der Waals surface area contributed by atoms with Gasteiger partial charge in [0, 0.05) is 28.4 Å². The molecule has 3 aromatic rings. The summed E-state index contributed by atoms with van der Waals surface area (Å²) >= 11 is 0. The van der Waals surface area contributed by atoms with E-state index in [2.05, 4.69) is 36.3 Å². The minimum Gasteiger partial charge on any atom is -0.505 e. The van der Waals surface area contributed by atoms with E-state index in [1.54, 1.807) is 6.08 Å². The van der Waals surface area contributed by atoms with Crippen LogP contribution >= 0.6 is 0 Å². The molecule has 0 bridgehead atoms. The molecule has 2 heteroatoms. The number of fused-ring (bicyclic) bond motifs is 3. The van der Waals surface area contributed by atoms with Crippen molar-refractivity contribution in [3.8, 4) is 5.75 Å². The summed E-state index contributed by atoms with van der Waals surface area (Å²) in [5.41, 5.74) is 2.84. The second kappa shape index (κ2) is 3.91. The van der Waals surface area contributed by atoms with Gasteiger partial charge in [0.1, 0.15) is 5.75 Å². The van der Waals surface area contributed by atoms with Crippen molar-refractivity contribution in [1.29, 1.82) is 0 Å². The predicted molar refractivity (Wildman–Crippen MR) is 76.9 cm³/mol. The Morgan fingerprint density at radius 1 is 1.17 bits per heavy atom. The summed E-state index contributed by atoms with van der Waals surface area (Å²) in [6, 6.07) is 12.2. The number of aromatic hydroxyl groups is 1. The number of hydrogen-bond donors (Lipinski definition) is 1. The highest BCUT2D eigenvalue weighted by Gasteiger charge is 2.13. The summed E-state index contributed by atoms with van der Waals surface area (Å²) in [6.45, 7) is 6.66. The van der Waals surface area contributed by atoms with E-state index in [1.165, 1.54) is 5.39 Å². The zero-order valence-electron chi connectivity index (χ0n) is 10.4. The fourth-order valence-electron chi connectivity index (χ4n) is 2.64. The number of para-hydroxylation sites is 1. The molecule has 0 unspecified atom stereocenters. The standard InChI is InChI=1S/C16H15NO/c1-3-11-9-10-13-12-7-5-6-8-14(12)17(4-2)15(13)16(11)18/h3,5-10,18H,1,4H2,2H3. The van der Waals surface area contributed by atoms with E-state index >= 15 is 0 Å². The Kier molecular flexibility index (Phi) is 2.37. The van der Waals surface area contributed by atoms with Gasteiger partial charge in [0.15, 0.2) is 0 Å². The maximum Gasteiger partial charge on any atom is 0.147 e. The highest BCUT2D eigenvalue weighted by atomic mass is 16.3. The third-order valence-electron chi connectivity index (χ3n) is 3.47. The first-order chi connectivity index (χ1) is 8.77. The molecule has 0 aliphatic carbocycles. The van der Waals surface area contributed by atoms with E-state index in [0.717, 1.165) is 28.5 Å². The Morgan fingerprint density at radius 2 is 1.94 bits per heavy atom. The van der Waals surface area contributed by atoms with Crippen molar-refractivity contribution in [2.75, 3.05) is 0 Å². The van der Waals surface area contributed by atoms with Crippen LogP contribution in [0.15, 0.2) is 43.0 Å². The quantitative estimate of drug-likeness (QED) is 0.711. The molecule has 3 rings (SSSR count). The average molecular weight is 237 g/mol. The van der Waals surface area contributed by atoms with Gasteiger partial charge in [-0.25, -0.2) is 0 Å². The Labute approximate surface area is 106 Å². The smallest absolute Gasteiger partial charge is 0.147 e. The number of phenols is 1. The van der Waals surface area contributed by atoms with Gasteiger partial charge in [0.25, 0.3) is 0 Å². The van der Waals surface area contributed by atoms with Crippen LogP contribution in [0, 0.1) is 0 Å². The summed E-state index contributed by atoms with van der Waals surface area (Å²) in [5, 5.41) is 12.6. The molecule has 1 aromatic heterocycles. The lowest BCUT2D eigenvalue weighted by Gasteiger charge is -2.06. The molecular formula is C16H15NO. The summed E-state index contributed by atoms with van der Waals surface area (Å²) in [6.07, 6.45) is 1.69. The number of nitrogens with zero attached hydrogens (tertiary/aromatic N) is 1. The van der Waals surface area contributed by atoms with Gasteiger partial charge in [0.05, 0.1) is 5.52 Å². The Morgan fingerprint density at radius 3 is 2.67 bits per heavy atom. The van der Waals surface area contributed by atoms with E-state index in [9.17, 15) is 5.11 Å². The van der Waals surface area contributed by atoms with E-state index in [1.807, 2.05) is 18.2 Å². The zero-order valence-corrected chi connectivity index (χ0v) is 10.4. The van der Waals surface area contributed by atoms with Crippen LogP contribution in [0.1, 0.15) is 12.5 Å². The van der Waals surface area contributed by atoms with Crippen molar-refractivity contribution >= 4 is 27.9 Å². The first kappa shape index (κ1) is 10.9. The molecule has 0 aliphatic rings. The van der Waals surface area contributed by atoms with Crippen molar-refractivity contribution in [1.82, 2.24) is 4.57 Å². The molecule has 2 aromatic carbocycles. The van der Waals surface area contributed by atoms with Gasteiger partial charge in [-0.3, -0.25) is 0 Å². The maximum absolute atomic E-state index is 10.4. The second-order valence-corrected chi connectivity index (χ2v) is 4.37. The molecule has 0 aliphatic heterocycles. The summed E-state index contributed by atoms with van der Waals surface area (Å²) < 4.78 is 2.15. The first-order valence-corrected chi connectivity index (χ1v) is 6.13. The largest absolute Gasteiger partial charge is 0.505 e. The van der Waals surface area contributed by atoms with Crippen molar-refractivity contribution in [2.24, 2.45) is 0 Å². The number of phenolic OH excluding ortho intramolecular Hbond substituents is 1. The van der Waals surface area contributed by atoms with Crippen molar-refractivity contribution in [3.63, 3.8) is 0 Å². The molecular weight excluding hydrogens is 222 g/mol.